The summed E-state index contributed by atoms with van der Waals surface area (Å²) in [6, 6.07) is 5.89. The molecule has 2 aliphatic rings. The number of hydrogen-bond donors (Lipinski definition) is 1. The zero-order valence-corrected chi connectivity index (χ0v) is 13.9. The van der Waals surface area contributed by atoms with Gasteiger partial charge in [0, 0.05) is 19.1 Å². The summed E-state index contributed by atoms with van der Waals surface area (Å²) in [5, 5.41) is 0. The van der Waals surface area contributed by atoms with E-state index >= 15 is 0 Å². The van der Waals surface area contributed by atoms with Crippen LogP contribution in [0.4, 0.5) is 4.39 Å². The Morgan fingerprint density at radius 1 is 1.30 bits per heavy atom. The average molecular weight is 340 g/mol. The van der Waals surface area contributed by atoms with Gasteiger partial charge in [-0.25, -0.2) is 17.5 Å². The van der Waals surface area contributed by atoms with Gasteiger partial charge in [-0.1, -0.05) is 12.1 Å². The number of nitrogens with one attached hydrogen (secondary N) is 1. The smallest absolute Gasteiger partial charge is 0.233 e. The van der Waals surface area contributed by atoms with Gasteiger partial charge in [-0.3, -0.25) is 4.79 Å². The molecule has 5 nitrogen and oxygen atoms in total. The Labute approximate surface area is 135 Å². The van der Waals surface area contributed by atoms with Crippen LogP contribution in [-0.2, 0) is 20.2 Å². The molecule has 126 valence electrons. The summed E-state index contributed by atoms with van der Waals surface area (Å²) >= 11 is 0. The maximum absolute atomic E-state index is 13.1. The minimum absolute atomic E-state index is 0.0316. The summed E-state index contributed by atoms with van der Waals surface area (Å²) in [4.78, 5) is 14.7. The van der Waals surface area contributed by atoms with Crippen molar-refractivity contribution < 1.29 is 17.6 Å². The highest BCUT2D eigenvalue weighted by molar-refractivity contribution is 7.88. The van der Waals surface area contributed by atoms with Crippen LogP contribution in [-0.4, -0.2) is 44.6 Å². The van der Waals surface area contributed by atoms with E-state index in [0.717, 1.165) is 37.5 Å². The predicted octanol–water partition coefficient (Wildman–Crippen LogP) is 1.40. The third kappa shape index (κ3) is 3.55. The molecule has 7 heteroatoms. The number of rotatable bonds is 4. The molecule has 1 aliphatic carbocycles. The van der Waals surface area contributed by atoms with Crippen LogP contribution in [0.15, 0.2) is 24.3 Å². The lowest BCUT2D eigenvalue weighted by atomic mass is 9.93. The molecule has 23 heavy (non-hydrogen) atoms. The Hall–Kier alpha value is -1.47. The molecular weight excluding hydrogens is 319 g/mol. The highest BCUT2D eigenvalue weighted by Crippen LogP contribution is 2.49. The molecule has 1 aromatic carbocycles. The van der Waals surface area contributed by atoms with E-state index < -0.39 is 15.4 Å². The van der Waals surface area contributed by atoms with Gasteiger partial charge >= 0.3 is 0 Å². The lowest BCUT2D eigenvalue weighted by molar-refractivity contribution is -0.135. The first-order valence-electron chi connectivity index (χ1n) is 7.83. The molecule has 1 aromatic rings. The molecule has 0 unspecified atom stereocenters. The lowest BCUT2D eigenvalue weighted by Gasteiger charge is -2.35. The van der Waals surface area contributed by atoms with Crippen molar-refractivity contribution in [2.24, 2.45) is 0 Å². The number of likely N-dealkylation sites (tertiary alicyclic amines) is 1. The van der Waals surface area contributed by atoms with Gasteiger partial charge in [-0.15, -0.1) is 0 Å². The van der Waals surface area contributed by atoms with Crippen molar-refractivity contribution >= 4 is 15.9 Å². The van der Waals surface area contributed by atoms with Crippen LogP contribution < -0.4 is 4.72 Å². The van der Waals surface area contributed by atoms with Crippen LogP contribution in [0.5, 0.6) is 0 Å². The fourth-order valence-corrected chi connectivity index (χ4v) is 4.18. The quantitative estimate of drug-likeness (QED) is 0.901. The highest BCUT2D eigenvalue weighted by Gasteiger charge is 2.53. The number of amides is 1. The van der Waals surface area contributed by atoms with Gasteiger partial charge < -0.3 is 4.90 Å². The molecule has 1 atom stereocenters. The molecule has 0 bridgehead atoms. The molecule has 1 aliphatic heterocycles. The molecule has 2 fully saturated rings. The number of carbonyl (C=O) groups excluding carboxylic acids is 1. The van der Waals surface area contributed by atoms with Crippen molar-refractivity contribution in [3.63, 3.8) is 0 Å². The van der Waals surface area contributed by atoms with Crippen molar-refractivity contribution in [1.29, 1.82) is 0 Å². The number of nitrogens with zero attached hydrogens (tertiary/aromatic N) is 1. The summed E-state index contributed by atoms with van der Waals surface area (Å²) in [6.45, 7) is 1.04. The second-order valence-electron chi connectivity index (χ2n) is 6.57. The van der Waals surface area contributed by atoms with Crippen LogP contribution in [0.25, 0.3) is 0 Å². The number of sulfonamides is 1. The average Bonchev–Trinajstić information content (AvgIpc) is 3.27. The van der Waals surface area contributed by atoms with Gasteiger partial charge in [-0.2, -0.15) is 0 Å². The zero-order valence-electron chi connectivity index (χ0n) is 13.1. The zero-order chi connectivity index (χ0) is 16.7. The van der Waals surface area contributed by atoms with Crippen molar-refractivity contribution in [2.75, 3.05) is 19.3 Å². The van der Waals surface area contributed by atoms with E-state index in [-0.39, 0.29) is 17.8 Å². The predicted molar refractivity (Wildman–Crippen MR) is 84.9 cm³/mol. The molecule has 0 radical (unpaired) electrons. The molecule has 1 saturated heterocycles. The minimum Gasteiger partial charge on any atom is -0.340 e. The van der Waals surface area contributed by atoms with Gasteiger partial charge in [0.05, 0.1) is 11.7 Å². The fourth-order valence-electron chi connectivity index (χ4n) is 3.38. The Bertz CT molecular complexity index is 699. The van der Waals surface area contributed by atoms with E-state index in [1.165, 1.54) is 12.1 Å². The number of piperidine rings is 1. The van der Waals surface area contributed by atoms with E-state index in [1.54, 1.807) is 17.0 Å². The van der Waals surface area contributed by atoms with Crippen molar-refractivity contribution in [2.45, 2.75) is 37.1 Å². The maximum Gasteiger partial charge on any atom is 0.233 e. The van der Waals surface area contributed by atoms with Gasteiger partial charge in [0.1, 0.15) is 5.82 Å². The minimum atomic E-state index is -3.28. The molecule has 1 N–H and O–H groups in total. The van der Waals surface area contributed by atoms with Crippen LogP contribution in [0, 0.1) is 5.82 Å². The summed E-state index contributed by atoms with van der Waals surface area (Å²) < 4.78 is 38.5. The molecule has 0 spiro atoms. The summed E-state index contributed by atoms with van der Waals surface area (Å²) in [5.41, 5.74) is 0.308. The molecule has 1 saturated carbocycles. The van der Waals surface area contributed by atoms with Gasteiger partial charge in [-0.05, 0) is 43.4 Å². The molecular formula is C16H21FN2O3S. The monoisotopic (exact) mass is 340 g/mol. The van der Waals surface area contributed by atoms with E-state index in [9.17, 15) is 17.6 Å². The van der Waals surface area contributed by atoms with Crippen LogP contribution in [0.1, 0.15) is 31.2 Å². The maximum atomic E-state index is 13.1. The number of hydrogen-bond acceptors (Lipinski definition) is 3. The SMILES string of the molecule is CS(=O)(=O)N[C@H]1CCCN(C(=O)C2(c3ccc(F)cc3)CC2)C1. The van der Waals surface area contributed by atoms with E-state index in [4.69, 9.17) is 0 Å². The first kappa shape index (κ1) is 16.4. The summed E-state index contributed by atoms with van der Waals surface area (Å²) in [6.07, 6.45) is 4.17. The highest BCUT2D eigenvalue weighted by atomic mass is 32.2. The molecule has 3 rings (SSSR count). The van der Waals surface area contributed by atoms with Crippen molar-refractivity contribution in [3.8, 4) is 0 Å². The van der Waals surface area contributed by atoms with E-state index in [2.05, 4.69) is 4.72 Å². The van der Waals surface area contributed by atoms with Gasteiger partial charge in [0.25, 0.3) is 0 Å². The standard InChI is InChI=1S/C16H21FN2O3S/c1-23(21,22)18-14-3-2-10-19(11-14)15(20)16(8-9-16)12-4-6-13(17)7-5-12/h4-7,14,18H,2-3,8-11H2,1H3/t14-/m0/s1. The number of carbonyl (C=O) groups is 1. The Morgan fingerprint density at radius 2 is 1.96 bits per heavy atom. The van der Waals surface area contributed by atoms with Crippen LogP contribution in [0.2, 0.25) is 0 Å². The fraction of sp³-hybridized carbons (Fsp3) is 0.562. The number of benzene rings is 1. The normalized spacial score (nSPS) is 23.6. The van der Waals surface area contributed by atoms with Crippen LogP contribution >= 0.6 is 0 Å². The second kappa shape index (κ2) is 5.87. The lowest BCUT2D eigenvalue weighted by Crippen LogP contribution is -2.51. The van der Waals surface area contributed by atoms with Gasteiger partial charge in [0.15, 0.2) is 0 Å². The van der Waals surface area contributed by atoms with E-state index in [1.807, 2.05) is 0 Å². The summed E-state index contributed by atoms with van der Waals surface area (Å²) in [7, 11) is -3.28. The summed E-state index contributed by atoms with van der Waals surface area (Å²) in [5.74, 6) is -0.281. The molecule has 1 heterocycles. The third-order valence-corrected chi connectivity index (χ3v) is 5.41. The number of halogens is 1. The molecule has 1 amide bonds. The Balaban J connectivity index is 1.73. The largest absolute Gasteiger partial charge is 0.340 e. The Morgan fingerprint density at radius 3 is 2.52 bits per heavy atom. The molecule has 0 aromatic heterocycles. The second-order valence-corrected chi connectivity index (χ2v) is 8.35. The van der Waals surface area contributed by atoms with Gasteiger partial charge in [0.2, 0.25) is 15.9 Å². The van der Waals surface area contributed by atoms with Crippen molar-refractivity contribution in [1.82, 2.24) is 9.62 Å². The Kier molecular flexibility index (Phi) is 4.18. The first-order valence-corrected chi connectivity index (χ1v) is 9.72. The third-order valence-electron chi connectivity index (χ3n) is 4.65. The first-order chi connectivity index (χ1) is 10.8. The topological polar surface area (TPSA) is 66.5 Å². The van der Waals surface area contributed by atoms with Crippen LogP contribution in [0.3, 0.4) is 0 Å². The van der Waals surface area contributed by atoms with E-state index in [0.29, 0.717) is 13.1 Å². The van der Waals surface area contributed by atoms with Crippen molar-refractivity contribution in [3.05, 3.63) is 35.6 Å².